The molecule has 166 valence electrons. The number of ether oxygens (including phenoxy) is 1. The summed E-state index contributed by atoms with van der Waals surface area (Å²) in [5.41, 5.74) is 2.38. The molecule has 0 bridgehead atoms. The van der Waals surface area contributed by atoms with Crippen molar-refractivity contribution in [2.45, 2.75) is 19.8 Å². The molecule has 1 fully saturated rings. The molecule has 0 spiro atoms. The standard InChI is InChI=1S/C25H28N4O3/c1-17-12-15-29(16-13-17)19-9-7-18(8-10-19)27-25(31)23-21(11-14-26-24(23)30)28-20-5-3-4-6-22(20)32-2/h3-11,14,17H,12-13,15-16H2,1-2H3,(H,27,31)(H2,26,28,30). The number of anilines is 4. The zero-order valence-corrected chi connectivity index (χ0v) is 18.4. The number of pyridine rings is 1. The van der Waals surface area contributed by atoms with Gasteiger partial charge in [0.15, 0.2) is 0 Å². The Kier molecular flexibility index (Phi) is 6.44. The van der Waals surface area contributed by atoms with Gasteiger partial charge in [0.2, 0.25) is 0 Å². The van der Waals surface area contributed by atoms with Crippen LogP contribution >= 0.6 is 0 Å². The minimum absolute atomic E-state index is 0.00695. The number of carbonyl (C=O) groups excluding carboxylic acids is 1. The summed E-state index contributed by atoms with van der Waals surface area (Å²) in [4.78, 5) is 30.5. The number of carbonyl (C=O) groups is 1. The van der Waals surface area contributed by atoms with Crippen molar-refractivity contribution >= 4 is 28.7 Å². The summed E-state index contributed by atoms with van der Waals surface area (Å²) in [6, 6.07) is 16.7. The van der Waals surface area contributed by atoms with Gasteiger partial charge in [0.1, 0.15) is 11.3 Å². The van der Waals surface area contributed by atoms with Crippen LogP contribution in [-0.2, 0) is 0 Å². The molecule has 32 heavy (non-hydrogen) atoms. The smallest absolute Gasteiger partial charge is 0.263 e. The van der Waals surface area contributed by atoms with Crippen molar-refractivity contribution in [3.63, 3.8) is 0 Å². The Bertz CT molecular complexity index is 1130. The second kappa shape index (κ2) is 9.60. The minimum Gasteiger partial charge on any atom is -0.495 e. The predicted octanol–water partition coefficient (Wildman–Crippen LogP) is 4.62. The third-order valence-corrected chi connectivity index (χ3v) is 5.84. The first kappa shape index (κ1) is 21.5. The lowest BCUT2D eigenvalue weighted by Crippen LogP contribution is -2.32. The van der Waals surface area contributed by atoms with Gasteiger partial charge in [-0.05, 0) is 61.2 Å². The van der Waals surface area contributed by atoms with E-state index in [2.05, 4.69) is 27.4 Å². The molecule has 0 saturated carbocycles. The highest BCUT2D eigenvalue weighted by Gasteiger charge is 2.19. The van der Waals surface area contributed by atoms with Gasteiger partial charge in [-0.1, -0.05) is 19.1 Å². The lowest BCUT2D eigenvalue weighted by molar-refractivity contribution is 0.102. The number of methoxy groups -OCH3 is 1. The summed E-state index contributed by atoms with van der Waals surface area (Å²) in [6.45, 7) is 4.38. The van der Waals surface area contributed by atoms with Gasteiger partial charge in [-0.25, -0.2) is 0 Å². The lowest BCUT2D eigenvalue weighted by atomic mass is 9.99. The summed E-state index contributed by atoms with van der Waals surface area (Å²) in [5.74, 6) is 0.901. The maximum absolute atomic E-state index is 13.0. The van der Waals surface area contributed by atoms with Gasteiger partial charge in [0, 0.05) is 30.7 Å². The van der Waals surface area contributed by atoms with E-state index >= 15 is 0 Å². The number of hydrogen-bond acceptors (Lipinski definition) is 5. The molecular formula is C25H28N4O3. The van der Waals surface area contributed by atoms with Crippen LogP contribution in [0, 0.1) is 5.92 Å². The van der Waals surface area contributed by atoms with Crippen molar-refractivity contribution in [2.75, 3.05) is 35.7 Å². The highest BCUT2D eigenvalue weighted by molar-refractivity contribution is 6.08. The topological polar surface area (TPSA) is 86.5 Å². The SMILES string of the molecule is COc1ccccc1Nc1cc[nH]c(=O)c1C(=O)Nc1ccc(N2CCC(C)CC2)cc1. The van der Waals surface area contributed by atoms with E-state index in [0.29, 0.717) is 22.8 Å². The molecule has 0 aliphatic carbocycles. The molecule has 7 heteroatoms. The molecule has 1 aliphatic rings. The van der Waals surface area contributed by atoms with Crippen LogP contribution in [0.5, 0.6) is 5.75 Å². The number of H-pyrrole nitrogens is 1. The second-order valence-corrected chi connectivity index (χ2v) is 8.09. The molecule has 0 unspecified atom stereocenters. The van der Waals surface area contributed by atoms with Crippen molar-refractivity contribution in [2.24, 2.45) is 5.92 Å². The number of amides is 1. The molecule has 0 atom stereocenters. The first-order valence-electron chi connectivity index (χ1n) is 10.8. The van der Waals surface area contributed by atoms with E-state index in [9.17, 15) is 9.59 Å². The third kappa shape index (κ3) is 4.77. The molecule has 1 aromatic heterocycles. The maximum Gasteiger partial charge on any atom is 0.263 e. The zero-order valence-electron chi connectivity index (χ0n) is 18.4. The van der Waals surface area contributed by atoms with Gasteiger partial charge in [-0.3, -0.25) is 9.59 Å². The number of benzene rings is 2. The van der Waals surface area contributed by atoms with Crippen LogP contribution in [0.1, 0.15) is 30.1 Å². The Labute approximate surface area is 187 Å². The van der Waals surface area contributed by atoms with Crippen molar-refractivity contribution in [1.29, 1.82) is 0 Å². The van der Waals surface area contributed by atoms with Crippen LogP contribution in [-0.4, -0.2) is 31.1 Å². The van der Waals surface area contributed by atoms with Gasteiger partial charge in [0.25, 0.3) is 11.5 Å². The van der Waals surface area contributed by atoms with Crippen LogP contribution in [0.25, 0.3) is 0 Å². The van der Waals surface area contributed by atoms with Gasteiger partial charge >= 0.3 is 0 Å². The predicted molar refractivity (Wildman–Crippen MR) is 128 cm³/mol. The molecular weight excluding hydrogens is 404 g/mol. The van der Waals surface area contributed by atoms with Crippen molar-refractivity contribution in [1.82, 2.24) is 4.98 Å². The van der Waals surface area contributed by atoms with Crippen LogP contribution in [0.3, 0.4) is 0 Å². The molecule has 4 rings (SSSR count). The van der Waals surface area contributed by atoms with Crippen LogP contribution in [0.15, 0.2) is 65.6 Å². The van der Waals surface area contributed by atoms with Crippen molar-refractivity contribution < 1.29 is 9.53 Å². The summed E-state index contributed by atoms with van der Waals surface area (Å²) in [5, 5.41) is 5.99. The first-order chi connectivity index (χ1) is 15.5. The number of aromatic amines is 1. The number of rotatable bonds is 6. The summed E-state index contributed by atoms with van der Waals surface area (Å²) < 4.78 is 5.36. The van der Waals surface area contributed by atoms with Crippen LogP contribution in [0.4, 0.5) is 22.7 Å². The van der Waals surface area contributed by atoms with Crippen molar-refractivity contribution in [3.05, 3.63) is 76.7 Å². The average Bonchev–Trinajstić information content (AvgIpc) is 2.80. The Hall–Kier alpha value is -3.74. The Morgan fingerprint density at radius 1 is 1.03 bits per heavy atom. The fraction of sp³-hybridized carbons (Fsp3) is 0.280. The number of aromatic nitrogens is 1. The molecule has 3 N–H and O–H groups in total. The van der Waals surface area contributed by atoms with E-state index in [1.807, 2.05) is 42.5 Å². The summed E-state index contributed by atoms with van der Waals surface area (Å²) in [7, 11) is 1.57. The van der Waals surface area contributed by atoms with E-state index in [-0.39, 0.29) is 5.56 Å². The fourth-order valence-corrected chi connectivity index (χ4v) is 3.92. The van der Waals surface area contributed by atoms with Gasteiger partial charge in [-0.15, -0.1) is 0 Å². The Morgan fingerprint density at radius 3 is 2.47 bits per heavy atom. The van der Waals surface area contributed by atoms with Crippen LogP contribution in [0.2, 0.25) is 0 Å². The number of piperidine rings is 1. The Morgan fingerprint density at radius 2 is 1.75 bits per heavy atom. The summed E-state index contributed by atoms with van der Waals surface area (Å²) >= 11 is 0. The highest BCUT2D eigenvalue weighted by Crippen LogP contribution is 2.28. The molecule has 0 radical (unpaired) electrons. The number of hydrogen-bond donors (Lipinski definition) is 3. The maximum atomic E-state index is 13.0. The molecule has 7 nitrogen and oxygen atoms in total. The summed E-state index contributed by atoms with van der Waals surface area (Å²) in [6.07, 6.45) is 3.89. The molecule has 2 aromatic carbocycles. The lowest BCUT2D eigenvalue weighted by Gasteiger charge is -2.32. The first-order valence-corrected chi connectivity index (χ1v) is 10.8. The van der Waals surface area contributed by atoms with E-state index in [4.69, 9.17) is 4.74 Å². The van der Waals surface area contributed by atoms with E-state index in [0.717, 1.165) is 24.7 Å². The second-order valence-electron chi connectivity index (χ2n) is 8.09. The van der Waals surface area contributed by atoms with Gasteiger partial charge < -0.3 is 25.3 Å². The van der Waals surface area contributed by atoms with E-state index < -0.39 is 11.5 Å². The van der Waals surface area contributed by atoms with Crippen LogP contribution < -0.4 is 25.8 Å². The molecule has 2 heterocycles. The minimum atomic E-state index is -0.483. The number of para-hydroxylation sites is 2. The highest BCUT2D eigenvalue weighted by atomic mass is 16.5. The molecule has 1 amide bonds. The number of nitrogens with one attached hydrogen (secondary N) is 3. The normalized spacial score (nSPS) is 14.1. The largest absolute Gasteiger partial charge is 0.495 e. The number of nitrogens with zero attached hydrogens (tertiary/aromatic N) is 1. The quantitative estimate of drug-likeness (QED) is 0.529. The average molecular weight is 433 g/mol. The van der Waals surface area contributed by atoms with Gasteiger partial charge in [-0.2, -0.15) is 0 Å². The zero-order chi connectivity index (χ0) is 22.5. The fourth-order valence-electron chi connectivity index (χ4n) is 3.92. The molecule has 3 aromatic rings. The monoisotopic (exact) mass is 432 g/mol. The third-order valence-electron chi connectivity index (χ3n) is 5.84. The Balaban J connectivity index is 1.52. The van der Waals surface area contributed by atoms with Gasteiger partial charge in [0.05, 0.1) is 18.5 Å². The molecule has 1 saturated heterocycles. The van der Waals surface area contributed by atoms with Crippen molar-refractivity contribution in [3.8, 4) is 5.75 Å². The van der Waals surface area contributed by atoms with E-state index in [1.54, 1.807) is 19.2 Å². The molecule has 1 aliphatic heterocycles. The van der Waals surface area contributed by atoms with E-state index in [1.165, 1.54) is 19.0 Å².